The summed E-state index contributed by atoms with van der Waals surface area (Å²) in [4.78, 5) is 23.2. The summed E-state index contributed by atoms with van der Waals surface area (Å²) in [5.74, 6) is -0.882. The van der Waals surface area contributed by atoms with Crippen LogP contribution in [0.25, 0.3) is 11.1 Å². The molecule has 81 valence electrons. The average molecular weight is 222 g/mol. The van der Waals surface area contributed by atoms with E-state index in [0.29, 0.717) is 11.1 Å². The highest BCUT2D eigenvalue weighted by Crippen LogP contribution is 2.29. The highest BCUT2D eigenvalue weighted by atomic mass is 16.2. The lowest BCUT2D eigenvalue weighted by atomic mass is 9.97. The molecule has 3 rings (SSSR count). The zero-order valence-corrected chi connectivity index (χ0v) is 8.88. The van der Waals surface area contributed by atoms with Crippen molar-refractivity contribution < 1.29 is 9.59 Å². The Morgan fingerprint density at radius 3 is 2.18 bits per heavy atom. The predicted octanol–water partition coefficient (Wildman–Crippen LogP) is 2.25. The number of benzene rings is 2. The molecule has 0 unspecified atom stereocenters. The summed E-state index contributed by atoms with van der Waals surface area (Å²) >= 11 is 0. The predicted molar refractivity (Wildman–Crippen MR) is 62.7 cm³/mol. The lowest BCUT2D eigenvalue weighted by molar-refractivity contribution is 0.0873. The molecule has 0 spiro atoms. The van der Waals surface area contributed by atoms with E-state index < -0.39 is 11.8 Å². The first-order valence-corrected chi connectivity index (χ1v) is 5.26. The van der Waals surface area contributed by atoms with Crippen molar-refractivity contribution in [2.24, 2.45) is 0 Å². The molecule has 0 saturated carbocycles. The molecule has 0 bridgehead atoms. The SMILES string of the molecule is O=C1[N]C(=O)c2c1cccc2-c1ccccc1. The summed E-state index contributed by atoms with van der Waals surface area (Å²) in [6, 6.07) is 14.8. The second-order valence-electron chi connectivity index (χ2n) is 3.82. The summed E-state index contributed by atoms with van der Waals surface area (Å²) in [5, 5.41) is 3.47. The Morgan fingerprint density at radius 1 is 0.706 bits per heavy atom. The molecule has 1 aliphatic rings. The van der Waals surface area contributed by atoms with Crippen LogP contribution in [-0.2, 0) is 0 Å². The van der Waals surface area contributed by atoms with E-state index in [2.05, 4.69) is 5.32 Å². The van der Waals surface area contributed by atoms with Crippen molar-refractivity contribution in [1.82, 2.24) is 5.32 Å². The van der Waals surface area contributed by atoms with Gasteiger partial charge in [0.25, 0.3) is 11.8 Å². The van der Waals surface area contributed by atoms with E-state index in [1.165, 1.54) is 0 Å². The van der Waals surface area contributed by atoms with Crippen LogP contribution in [0.4, 0.5) is 0 Å². The van der Waals surface area contributed by atoms with Crippen LogP contribution in [0.3, 0.4) is 0 Å². The number of hydrogen-bond donors (Lipinski definition) is 0. The van der Waals surface area contributed by atoms with Gasteiger partial charge in [0.15, 0.2) is 0 Å². The van der Waals surface area contributed by atoms with Gasteiger partial charge in [-0.15, -0.1) is 0 Å². The Hall–Kier alpha value is -2.42. The van der Waals surface area contributed by atoms with Gasteiger partial charge in [-0.05, 0) is 17.2 Å². The standard InChI is InChI=1S/C14H8NO2/c16-13-11-8-4-7-10(12(11)14(17)15-13)9-5-2-1-3-6-9/h1-8H. The highest BCUT2D eigenvalue weighted by molar-refractivity contribution is 6.23. The number of carbonyl (C=O) groups excluding carboxylic acids is 2. The zero-order chi connectivity index (χ0) is 11.8. The van der Waals surface area contributed by atoms with Crippen LogP contribution < -0.4 is 5.32 Å². The van der Waals surface area contributed by atoms with Gasteiger partial charge in [0.05, 0.1) is 11.1 Å². The summed E-state index contributed by atoms with van der Waals surface area (Å²) in [7, 11) is 0. The quantitative estimate of drug-likeness (QED) is 0.695. The molecule has 0 N–H and O–H groups in total. The zero-order valence-electron chi connectivity index (χ0n) is 8.88. The van der Waals surface area contributed by atoms with E-state index >= 15 is 0 Å². The van der Waals surface area contributed by atoms with E-state index in [1.807, 2.05) is 36.4 Å². The minimum absolute atomic E-state index is 0.399. The van der Waals surface area contributed by atoms with E-state index in [9.17, 15) is 9.59 Å². The molecule has 2 amide bonds. The van der Waals surface area contributed by atoms with Crippen LogP contribution in [0.2, 0.25) is 0 Å². The van der Waals surface area contributed by atoms with Crippen molar-refractivity contribution in [2.75, 3.05) is 0 Å². The van der Waals surface area contributed by atoms with Crippen LogP contribution in [0.1, 0.15) is 20.7 Å². The van der Waals surface area contributed by atoms with Gasteiger partial charge >= 0.3 is 0 Å². The molecule has 0 atom stereocenters. The molecule has 2 aromatic carbocycles. The second-order valence-corrected chi connectivity index (χ2v) is 3.82. The van der Waals surface area contributed by atoms with Gasteiger partial charge in [0, 0.05) is 0 Å². The van der Waals surface area contributed by atoms with Crippen LogP contribution in [0.15, 0.2) is 48.5 Å². The summed E-state index contributed by atoms with van der Waals surface area (Å²) in [5.41, 5.74) is 2.50. The van der Waals surface area contributed by atoms with Gasteiger partial charge in [-0.1, -0.05) is 42.5 Å². The fourth-order valence-electron chi connectivity index (χ4n) is 2.03. The monoisotopic (exact) mass is 222 g/mol. The van der Waals surface area contributed by atoms with Crippen molar-refractivity contribution in [2.45, 2.75) is 0 Å². The Labute approximate surface area is 98.1 Å². The molecule has 1 radical (unpaired) electrons. The number of hydrogen-bond acceptors (Lipinski definition) is 2. The molecule has 3 nitrogen and oxygen atoms in total. The van der Waals surface area contributed by atoms with Gasteiger partial charge in [-0.25, -0.2) is 0 Å². The van der Waals surface area contributed by atoms with Crippen LogP contribution in [0, 0.1) is 0 Å². The second kappa shape index (κ2) is 3.56. The maximum absolute atomic E-state index is 11.7. The lowest BCUT2D eigenvalue weighted by Gasteiger charge is -2.05. The Morgan fingerprint density at radius 2 is 1.41 bits per heavy atom. The van der Waals surface area contributed by atoms with Crippen molar-refractivity contribution in [3.05, 3.63) is 59.7 Å². The first kappa shape index (κ1) is 9.78. The Bertz CT molecular complexity index is 617. The molecule has 0 fully saturated rings. The molecular formula is C14H8NO2. The molecule has 17 heavy (non-hydrogen) atoms. The first-order valence-electron chi connectivity index (χ1n) is 5.26. The van der Waals surface area contributed by atoms with E-state index in [1.54, 1.807) is 12.1 Å². The summed E-state index contributed by atoms with van der Waals surface area (Å²) < 4.78 is 0. The summed E-state index contributed by atoms with van der Waals surface area (Å²) in [6.45, 7) is 0. The number of fused-ring (bicyclic) bond motifs is 1. The van der Waals surface area contributed by atoms with Gasteiger partial charge in [-0.2, -0.15) is 5.32 Å². The fraction of sp³-hybridized carbons (Fsp3) is 0. The van der Waals surface area contributed by atoms with Crippen LogP contribution in [-0.4, -0.2) is 11.8 Å². The topological polar surface area (TPSA) is 48.2 Å². The maximum Gasteiger partial charge on any atom is 0.281 e. The van der Waals surface area contributed by atoms with Crippen molar-refractivity contribution in [1.29, 1.82) is 0 Å². The molecule has 3 heteroatoms. The van der Waals surface area contributed by atoms with Crippen LogP contribution in [0.5, 0.6) is 0 Å². The van der Waals surface area contributed by atoms with Gasteiger partial charge < -0.3 is 0 Å². The third-order valence-electron chi connectivity index (χ3n) is 2.80. The smallest absolute Gasteiger partial charge is 0.267 e. The van der Waals surface area contributed by atoms with Crippen molar-refractivity contribution in [3.63, 3.8) is 0 Å². The number of nitrogens with zero attached hydrogens (tertiary/aromatic N) is 1. The van der Waals surface area contributed by atoms with Gasteiger partial charge in [0.1, 0.15) is 0 Å². The van der Waals surface area contributed by atoms with E-state index in [4.69, 9.17) is 0 Å². The lowest BCUT2D eigenvalue weighted by Crippen LogP contribution is -2.11. The Balaban J connectivity index is 2.27. The maximum atomic E-state index is 11.7. The van der Waals surface area contributed by atoms with E-state index in [0.717, 1.165) is 11.1 Å². The third-order valence-corrected chi connectivity index (χ3v) is 2.80. The minimum Gasteiger partial charge on any atom is -0.267 e. The molecule has 1 heterocycles. The van der Waals surface area contributed by atoms with E-state index in [-0.39, 0.29) is 0 Å². The highest BCUT2D eigenvalue weighted by Gasteiger charge is 2.31. The molecule has 0 aliphatic carbocycles. The largest absolute Gasteiger partial charge is 0.281 e. The normalized spacial score (nSPS) is 13.4. The molecule has 1 aliphatic heterocycles. The van der Waals surface area contributed by atoms with Gasteiger partial charge in [0.2, 0.25) is 0 Å². The number of imide groups is 1. The molecule has 0 saturated heterocycles. The fourth-order valence-corrected chi connectivity index (χ4v) is 2.03. The van der Waals surface area contributed by atoms with Crippen molar-refractivity contribution in [3.8, 4) is 11.1 Å². The van der Waals surface area contributed by atoms with Gasteiger partial charge in [-0.3, -0.25) is 9.59 Å². The third kappa shape index (κ3) is 1.44. The Kier molecular flexibility index (Phi) is 2.05. The molecule has 0 aromatic heterocycles. The van der Waals surface area contributed by atoms with Crippen molar-refractivity contribution >= 4 is 11.8 Å². The summed E-state index contributed by atoms with van der Waals surface area (Å²) in [6.07, 6.45) is 0. The number of amides is 2. The number of rotatable bonds is 1. The minimum atomic E-state index is -0.442. The number of carbonyl (C=O) groups is 2. The molecule has 2 aromatic rings. The molecular weight excluding hydrogens is 214 g/mol. The average Bonchev–Trinajstić information content (AvgIpc) is 2.66. The van der Waals surface area contributed by atoms with Crippen LogP contribution >= 0.6 is 0 Å². The first-order chi connectivity index (χ1) is 8.27.